The number of ether oxygens (including phenoxy) is 1. The zero-order chi connectivity index (χ0) is 22.3. The van der Waals surface area contributed by atoms with Gasteiger partial charge in [0.1, 0.15) is 11.7 Å². The molecule has 0 aliphatic carbocycles. The summed E-state index contributed by atoms with van der Waals surface area (Å²) in [5.41, 5.74) is 0.929. The summed E-state index contributed by atoms with van der Waals surface area (Å²) in [6, 6.07) is 0. The molecule has 0 aromatic carbocycles. The number of nitrogens with one attached hydrogen (secondary N) is 1. The molecule has 1 saturated heterocycles. The minimum absolute atomic E-state index is 0.154. The highest BCUT2D eigenvalue weighted by Gasteiger charge is 2.41. The van der Waals surface area contributed by atoms with E-state index in [-0.39, 0.29) is 5.49 Å². The normalized spacial score (nSPS) is 24.0. The minimum Gasteiger partial charge on any atom is -0.352 e. The molecule has 1 fully saturated rings. The first-order valence-corrected chi connectivity index (χ1v) is 12.6. The van der Waals surface area contributed by atoms with Crippen LogP contribution in [-0.2, 0) is 38.6 Å². The van der Waals surface area contributed by atoms with E-state index in [0.29, 0.717) is 24.0 Å². The molecule has 0 amide bonds. The molecule has 3 heterocycles. The van der Waals surface area contributed by atoms with Crippen LogP contribution in [0.15, 0.2) is 12.7 Å². The molecule has 0 saturated carbocycles. The van der Waals surface area contributed by atoms with Crippen LogP contribution in [0.3, 0.4) is 0 Å². The van der Waals surface area contributed by atoms with Gasteiger partial charge in [-0.3, -0.25) is 14.5 Å². The average molecular weight is 489 g/mol. The van der Waals surface area contributed by atoms with Gasteiger partial charge in [0.15, 0.2) is 11.1 Å². The number of aromatic nitrogens is 4. The third-order valence-corrected chi connectivity index (χ3v) is 7.74. The molecule has 2 aromatic heterocycles. The maximum atomic E-state index is 11.8. The van der Waals surface area contributed by atoms with Gasteiger partial charge in [-0.15, -0.1) is 0 Å². The average Bonchev–Trinajstić information content (AvgIpc) is 3.19. The molecule has 0 bridgehead atoms. The molecule has 5 N–H and O–H groups in total. The quantitative estimate of drug-likeness (QED) is 0.314. The summed E-state index contributed by atoms with van der Waals surface area (Å²) in [6.45, 7) is -0.529. The van der Waals surface area contributed by atoms with Crippen molar-refractivity contribution in [1.29, 1.82) is 5.41 Å². The van der Waals surface area contributed by atoms with Gasteiger partial charge in [0, 0.05) is 7.05 Å². The zero-order valence-corrected chi connectivity index (χ0v) is 17.9. The van der Waals surface area contributed by atoms with E-state index < -0.39 is 42.4 Å². The van der Waals surface area contributed by atoms with Crippen molar-refractivity contribution in [3.63, 3.8) is 0 Å². The number of fused-ring (bicyclic) bond motifs is 1. The molecule has 2 aromatic rings. The van der Waals surface area contributed by atoms with Gasteiger partial charge < -0.3 is 28.9 Å². The molecule has 1 aliphatic rings. The van der Waals surface area contributed by atoms with Gasteiger partial charge in [-0.05, 0) is 12.8 Å². The van der Waals surface area contributed by atoms with E-state index in [1.807, 2.05) is 0 Å². The van der Waals surface area contributed by atoms with E-state index in [2.05, 4.69) is 23.1 Å². The molecule has 16 nitrogen and oxygen atoms in total. The molecule has 168 valence electrons. The number of aryl methyl sites for hydroxylation is 1. The van der Waals surface area contributed by atoms with Crippen LogP contribution in [0.25, 0.3) is 11.2 Å². The largest absolute Gasteiger partial charge is 0.490 e. The van der Waals surface area contributed by atoms with Crippen molar-refractivity contribution in [1.82, 2.24) is 19.1 Å². The molecule has 4 atom stereocenters. The Balaban J connectivity index is 1.61. The number of hydrogen-bond donors (Lipinski definition) is 5. The molecule has 0 radical (unpaired) electrons. The van der Waals surface area contributed by atoms with Crippen molar-refractivity contribution in [3.05, 3.63) is 18.1 Å². The topological polar surface area (TPSA) is 229 Å². The summed E-state index contributed by atoms with van der Waals surface area (Å²) in [5.74, 6) is 0. The van der Waals surface area contributed by atoms with Crippen molar-refractivity contribution in [2.24, 2.45) is 7.05 Å². The van der Waals surface area contributed by atoms with Gasteiger partial charge in [-0.25, -0.2) is 23.7 Å². The maximum absolute atomic E-state index is 11.8. The lowest BCUT2D eigenvalue weighted by Gasteiger charge is -2.18. The lowest BCUT2D eigenvalue weighted by atomic mass is 10.2. The molecule has 1 aliphatic heterocycles. The van der Waals surface area contributed by atoms with Gasteiger partial charge in [0.2, 0.25) is 0 Å². The van der Waals surface area contributed by atoms with E-state index in [9.17, 15) is 18.6 Å². The van der Waals surface area contributed by atoms with Gasteiger partial charge in [-0.1, -0.05) is 0 Å². The molecular formula is C11H18N5O11P3. The van der Waals surface area contributed by atoms with Crippen molar-refractivity contribution in [3.8, 4) is 0 Å². The number of nitrogens with zero attached hydrogens (tertiary/aromatic N) is 4. The molecular weight excluding hydrogens is 471 g/mol. The van der Waals surface area contributed by atoms with Crippen LogP contribution in [0.4, 0.5) is 0 Å². The van der Waals surface area contributed by atoms with Crippen LogP contribution in [0.1, 0.15) is 19.1 Å². The second-order valence-electron chi connectivity index (χ2n) is 6.20. The van der Waals surface area contributed by atoms with Gasteiger partial charge >= 0.3 is 23.5 Å². The summed E-state index contributed by atoms with van der Waals surface area (Å²) in [7, 11) is -14.6. The van der Waals surface area contributed by atoms with Crippen molar-refractivity contribution in [2.75, 3.05) is 6.61 Å². The van der Waals surface area contributed by atoms with Crippen molar-refractivity contribution < 1.29 is 51.2 Å². The summed E-state index contributed by atoms with van der Waals surface area (Å²) in [4.78, 5) is 44.0. The van der Waals surface area contributed by atoms with Crippen molar-refractivity contribution in [2.45, 2.75) is 25.2 Å². The first kappa shape index (κ1) is 23.4. The SMILES string of the molecule is Cn1cnc2c(ncn2[C@H]2CC[C@@H](COP(=O)(O)OP(=O)(O)OP(=O)(O)O)O2)c1=N. The Morgan fingerprint density at radius 3 is 2.50 bits per heavy atom. The summed E-state index contributed by atoms with van der Waals surface area (Å²) in [6.07, 6.45) is 2.45. The monoisotopic (exact) mass is 489 g/mol. The third-order valence-electron chi connectivity index (χ3n) is 3.93. The highest BCUT2D eigenvalue weighted by Crippen LogP contribution is 2.66. The Hall–Kier alpha value is -1.28. The van der Waals surface area contributed by atoms with Crippen LogP contribution in [-0.4, -0.2) is 51.4 Å². The van der Waals surface area contributed by atoms with E-state index in [1.165, 1.54) is 17.2 Å². The Morgan fingerprint density at radius 2 is 1.83 bits per heavy atom. The van der Waals surface area contributed by atoms with E-state index in [1.54, 1.807) is 11.6 Å². The molecule has 3 rings (SSSR count). The Bertz CT molecular complexity index is 1140. The third kappa shape index (κ3) is 5.69. The number of phosphoric acid groups is 3. The predicted molar refractivity (Wildman–Crippen MR) is 95.3 cm³/mol. The molecule has 19 heteroatoms. The fourth-order valence-electron chi connectivity index (χ4n) is 2.72. The van der Waals surface area contributed by atoms with E-state index in [4.69, 9.17) is 24.8 Å². The highest BCUT2D eigenvalue weighted by molar-refractivity contribution is 7.66. The molecule has 30 heavy (non-hydrogen) atoms. The van der Waals surface area contributed by atoms with Gasteiger partial charge in [-0.2, -0.15) is 8.62 Å². The van der Waals surface area contributed by atoms with E-state index >= 15 is 0 Å². The minimum atomic E-state index is -5.57. The summed E-state index contributed by atoms with van der Waals surface area (Å²) < 4.78 is 54.3. The fourth-order valence-corrected chi connectivity index (χ4v) is 5.77. The number of phosphoric ester groups is 1. The second-order valence-corrected chi connectivity index (χ2v) is 10.6. The van der Waals surface area contributed by atoms with Crippen LogP contribution in [0.5, 0.6) is 0 Å². The first-order valence-electron chi connectivity index (χ1n) is 8.13. The standard InChI is InChI=1S/C11H18N5O11P3/c1-15-5-14-11-9(10(15)12)13-6-16(11)8-3-2-7(25-8)4-24-29(20,21)27-30(22,23)26-28(17,18)19/h5-8,12H,2-4H2,1H3,(H,20,21)(H,22,23)(H2,17,18,19)/t7-,8+/m0/s1. The molecule has 0 spiro atoms. The first-order chi connectivity index (χ1) is 13.8. The number of rotatable bonds is 8. The Labute approximate surface area is 168 Å². The van der Waals surface area contributed by atoms with Gasteiger partial charge in [0.05, 0.1) is 25.4 Å². The van der Waals surface area contributed by atoms with Crippen LogP contribution >= 0.6 is 23.5 Å². The van der Waals surface area contributed by atoms with Crippen molar-refractivity contribution >= 4 is 34.6 Å². The second kappa shape index (κ2) is 8.34. The predicted octanol–water partition coefficient (Wildman–Crippen LogP) is 0.270. The van der Waals surface area contributed by atoms with Crippen LogP contribution in [0.2, 0.25) is 0 Å². The Morgan fingerprint density at radius 1 is 1.13 bits per heavy atom. The van der Waals surface area contributed by atoms with Crippen LogP contribution < -0.4 is 5.49 Å². The van der Waals surface area contributed by atoms with E-state index in [0.717, 1.165) is 0 Å². The molecule has 2 unspecified atom stereocenters. The van der Waals surface area contributed by atoms with Gasteiger partial charge in [0.25, 0.3) is 0 Å². The number of hydrogen-bond acceptors (Lipinski definition) is 10. The smallest absolute Gasteiger partial charge is 0.352 e. The lowest BCUT2D eigenvalue weighted by Crippen LogP contribution is -2.19. The fraction of sp³-hybridized carbons (Fsp3) is 0.545. The lowest BCUT2D eigenvalue weighted by molar-refractivity contribution is -0.0205. The maximum Gasteiger partial charge on any atom is 0.490 e. The number of imidazole rings is 1. The highest BCUT2D eigenvalue weighted by atomic mass is 31.3. The van der Waals surface area contributed by atoms with Crippen LogP contribution in [0, 0.1) is 5.41 Å². The zero-order valence-electron chi connectivity index (χ0n) is 15.2. The summed E-state index contributed by atoms with van der Waals surface area (Å²) in [5, 5.41) is 7.98. The Kier molecular flexibility index (Phi) is 6.50. The summed E-state index contributed by atoms with van der Waals surface area (Å²) >= 11 is 0.